The summed E-state index contributed by atoms with van der Waals surface area (Å²) in [5, 5.41) is 2.42. The van der Waals surface area contributed by atoms with Crippen LogP contribution in [0.15, 0.2) is 48.5 Å². The molecule has 0 aliphatic heterocycles. The highest BCUT2D eigenvalue weighted by molar-refractivity contribution is 6.08. The molecule has 0 atom stereocenters. The van der Waals surface area contributed by atoms with Crippen LogP contribution in [0.3, 0.4) is 0 Å². The number of anilines is 1. The smallest absolute Gasteiger partial charge is 0.406 e. The van der Waals surface area contributed by atoms with Gasteiger partial charge in [0.25, 0.3) is 5.91 Å². The van der Waals surface area contributed by atoms with E-state index in [0.717, 1.165) is 12.1 Å². The van der Waals surface area contributed by atoms with Crippen LogP contribution in [0.4, 0.5) is 18.9 Å². The van der Waals surface area contributed by atoms with Gasteiger partial charge < -0.3 is 10.1 Å². The molecule has 0 heterocycles. The van der Waals surface area contributed by atoms with Crippen LogP contribution in [-0.4, -0.2) is 31.8 Å². The molecular weight excluding hydrogens is 361 g/mol. The first-order chi connectivity index (χ1) is 12.7. The van der Waals surface area contributed by atoms with Crippen LogP contribution in [0.1, 0.15) is 15.9 Å². The van der Waals surface area contributed by atoms with Gasteiger partial charge in [-0.25, -0.2) is 0 Å². The monoisotopic (exact) mass is 376 g/mol. The summed E-state index contributed by atoms with van der Waals surface area (Å²) in [6.45, 7) is -0.288. The zero-order chi connectivity index (χ0) is 20.0. The highest BCUT2D eigenvalue weighted by Gasteiger charge is 2.31. The standard InChI is InChI=1S/C19H15F3N2O3/c1-3-13-5-4-6-15(11-13)24(12-17(25)23-2)18(26)14-7-9-16(10-8-14)27-19(20,21)22/h1,4-11H,12H2,2H3,(H,23,25). The first kappa shape index (κ1) is 19.8. The Bertz CT molecular complexity index is 871. The molecule has 8 heteroatoms. The number of hydrogen-bond acceptors (Lipinski definition) is 3. The van der Waals surface area contributed by atoms with Gasteiger partial charge in [-0.3, -0.25) is 14.5 Å². The van der Waals surface area contributed by atoms with E-state index in [9.17, 15) is 22.8 Å². The number of halogens is 3. The van der Waals surface area contributed by atoms with Gasteiger partial charge >= 0.3 is 6.36 Å². The second-order valence-electron chi connectivity index (χ2n) is 5.33. The van der Waals surface area contributed by atoms with E-state index >= 15 is 0 Å². The fourth-order valence-corrected chi connectivity index (χ4v) is 2.22. The fraction of sp³-hybridized carbons (Fsp3) is 0.158. The third kappa shape index (κ3) is 5.51. The van der Waals surface area contributed by atoms with Crippen molar-refractivity contribution in [3.05, 3.63) is 59.7 Å². The van der Waals surface area contributed by atoms with Gasteiger partial charge in [-0.05, 0) is 42.5 Å². The van der Waals surface area contributed by atoms with Gasteiger partial charge in [0.1, 0.15) is 12.3 Å². The maximum atomic E-state index is 12.8. The molecule has 0 saturated carbocycles. The Morgan fingerprint density at radius 1 is 1.19 bits per heavy atom. The second-order valence-corrected chi connectivity index (χ2v) is 5.33. The highest BCUT2D eigenvalue weighted by Crippen LogP contribution is 2.24. The van der Waals surface area contributed by atoms with Crippen molar-refractivity contribution in [3.63, 3.8) is 0 Å². The van der Waals surface area contributed by atoms with Crippen molar-refractivity contribution in [3.8, 4) is 18.1 Å². The Hall–Kier alpha value is -3.47. The Balaban J connectivity index is 2.33. The van der Waals surface area contributed by atoms with Gasteiger partial charge in [0.2, 0.25) is 5.91 Å². The van der Waals surface area contributed by atoms with E-state index in [0.29, 0.717) is 11.3 Å². The number of ether oxygens (including phenoxy) is 1. The zero-order valence-corrected chi connectivity index (χ0v) is 14.2. The van der Waals surface area contributed by atoms with Crippen molar-refractivity contribution in [1.82, 2.24) is 5.32 Å². The van der Waals surface area contributed by atoms with Gasteiger partial charge in [-0.1, -0.05) is 12.0 Å². The molecule has 2 aromatic carbocycles. The van der Waals surface area contributed by atoms with Crippen LogP contribution in [0.5, 0.6) is 5.75 Å². The Morgan fingerprint density at radius 3 is 2.41 bits per heavy atom. The predicted octanol–water partition coefficient (Wildman–Crippen LogP) is 2.96. The number of amides is 2. The number of nitrogens with zero attached hydrogens (tertiary/aromatic N) is 1. The first-order valence-corrected chi connectivity index (χ1v) is 7.68. The van der Waals surface area contributed by atoms with E-state index in [4.69, 9.17) is 6.42 Å². The minimum Gasteiger partial charge on any atom is -0.406 e. The Kier molecular flexibility index (Phi) is 6.08. The molecule has 0 radical (unpaired) electrons. The molecule has 140 valence electrons. The molecule has 0 aliphatic carbocycles. The zero-order valence-electron chi connectivity index (χ0n) is 14.2. The molecule has 0 aliphatic rings. The van der Waals surface area contributed by atoms with Gasteiger partial charge in [-0.2, -0.15) is 0 Å². The average molecular weight is 376 g/mol. The molecule has 2 rings (SSSR count). The molecule has 2 amide bonds. The number of carbonyl (C=O) groups excluding carboxylic acids is 2. The number of alkyl halides is 3. The van der Waals surface area contributed by atoms with Crippen molar-refractivity contribution in [2.24, 2.45) is 0 Å². The quantitative estimate of drug-likeness (QED) is 0.817. The predicted molar refractivity (Wildman–Crippen MR) is 93.2 cm³/mol. The fourth-order valence-electron chi connectivity index (χ4n) is 2.22. The van der Waals surface area contributed by atoms with E-state index in [2.05, 4.69) is 16.0 Å². The van der Waals surface area contributed by atoms with Gasteiger partial charge in [-0.15, -0.1) is 19.6 Å². The number of benzene rings is 2. The van der Waals surface area contributed by atoms with Crippen LogP contribution in [0.2, 0.25) is 0 Å². The lowest BCUT2D eigenvalue weighted by Gasteiger charge is -2.22. The summed E-state index contributed by atoms with van der Waals surface area (Å²) in [5.41, 5.74) is 0.977. The van der Waals surface area contributed by atoms with E-state index in [1.165, 1.54) is 24.1 Å². The molecule has 27 heavy (non-hydrogen) atoms. The topological polar surface area (TPSA) is 58.6 Å². The van der Waals surface area contributed by atoms with Gasteiger partial charge in [0, 0.05) is 23.9 Å². The van der Waals surface area contributed by atoms with Crippen LogP contribution < -0.4 is 15.0 Å². The largest absolute Gasteiger partial charge is 0.573 e. The van der Waals surface area contributed by atoms with Crippen molar-refractivity contribution in [1.29, 1.82) is 0 Å². The average Bonchev–Trinajstić information content (AvgIpc) is 2.64. The normalized spacial score (nSPS) is 10.6. The van der Waals surface area contributed by atoms with E-state index in [-0.39, 0.29) is 12.1 Å². The van der Waals surface area contributed by atoms with Crippen molar-refractivity contribution in [2.45, 2.75) is 6.36 Å². The molecule has 0 aromatic heterocycles. The van der Waals surface area contributed by atoms with Gasteiger partial charge in [0.05, 0.1) is 0 Å². The van der Waals surface area contributed by atoms with Crippen molar-refractivity contribution in [2.75, 3.05) is 18.5 Å². The third-order valence-electron chi connectivity index (χ3n) is 3.49. The lowest BCUT2D eigenvalue weighted by atomic mass is 10.1. The second kappa shape index (κ2) is 8.27. The summed E-state index contributed by atoms with van der Waals surface area (Å²) in [6, 6.07) is 10.9. The van der Waals surface area contributed by atoms with Crippen LogP contribution in [-0.2, 0) is 4.79 Å². The summed E-state index contributed by atoms with van der Waals surface area (Å²) < 4.78 is 40.5. The summed E-state index contributed by atoms with van der Waals surface area (Å²) in [4.78, 5) is 25.8. The van der Waals surface area contributed by atoms with Crippen LogP contribution in [0.25, 0.3) is 0 Å². The number of nitrogens with one attached hydrogen (secondary N) is 1. The first-order valence-electron chi connectivity index (χ1n) is 7.68. The van der Waals surface area contributed by atoms with E-state index < -0.39 is 23.9 Å². The SMILES string of the molecule is C#Cc1cccc(N(CC(=O)NC)C(=O)c2ccc(OC(F)(F)F)cc2)c1. The Labute approximate surface area is 153 Å². The molecule has 0 bridgehead atoms. The van der Waals surface area contributed by atoms with Gasteiger partial charge in [0.15, 0.2) is 0 Å². The molecule has 5 nitrogen and oxygen atoms in total. The third-order valence-corrected chi connectivity index (χ3v) is 3.49. The molecular formula is C19H15F3N2O3. The van der Waals surface area contributed by atoms with E-state index in [1.807, 2.05) is 0 Å². The highest BCUT2D eigenvalue weighted by atomic mass is 19.4. The molecule has 0 unspecified atom stereocenters. The lowest BCUT2D eigenvalue weighted by molar-refractivity contribution is -0.274. The van der Waals surface area contributed by atoms with E-state index in [1.54, 1.807) is 24.3 Å². The number of rotatable bonds is 5. The molecule has 1 N–H and O–H groups in total. The van der Waals surface area contributed by atoms with Crippen molar-refractivity contribution >= 4 is 17.5 Å². The Morgan fingerprint density at radius 2 is 1.85 bits per heavy atom. The van der Waals surface area contributed by atoms with Crippen LogP contribution in [0, 0.1) is 12.3 Å². The van der Waals surface area contributed by atoms with Crippen LogP contribution >= 0.6 is 0 Å². The number of carbonyl (C=O) groups is 2. The summed E-state index contributed by atoms with van der Waals surface area (Å²) in [6.07, 6.45) is 0.535. The number of hydrogen-bond donors (Lipinski definition) is 1. The molecule has 2 aromatic rings. The molecule has 0 saturated heterocycles. The molecule has 0 spiro atoms. The maximum Gasteiger partial charge on any atom is 0.573 e. The summed E-state index contributed by atoms with van der Waals surface area (Å²) >= 11 is 0. The van der Waals surface area contributed by atoms with Crippen molar-refractivity contribution < 1.29 is 27.5 Å². The lowest BCUT2D eigenvalue weighted by Crippen LogP contribution is -2.39. The number of likely N-dealkylation sites (N-methyl/N-ethyl adjacent to an activating group) is 1. The minimum absolute atomic E-state index is 0.0829. The number of terminal acetylenes is 1. The molecule has 0 fully saturated rings. The summed E-state index contributed by atoms with van der Waals surface area (Å²) in [7, 11) is 1.42. The summed E-state index contributed by atoms with van der Waals surface area (Å²) in [5.74, 6) is 0.981. The minimum atomic E-state index is -4.83. The maximum absolute atomic E-state index is 12.8.